The topological polar surface area (TPSA) is 255 Å². The molecule has 0 unspecified atom stereocenters. The quantitative estimate of drug-likeness (QED) is 0.102. The fraction of sp³-hybridized carbons (Fsp3) is 0.453. The summed E-state index contributed by atoms with van der Waals surface area (Å²) in [6.07, 6.45) is 11.7. The minimum atomic E-state index is -1.02. The third kappa shape index (κ3) is 12.4. The van der Waals surface area contributed by atoms with Crippen molar-refractivity contribution >= 4 is 64.2 Å². The third-order valence-corrected chi connectivity index (χ3v) is 14.9. The third-order valence-electron chi connectivity index (χ3n) is 13.9. The molecule has 23 heteroatoms. The smallest absolute Gasteiger partial charge is 0.414 e. The molecule has 9 rings (SSSR count). The van der Waals surface area contributed by atoms with Gasteiger partial charge in [-0.2, -0.15) is 0 Å². The number of nitrogens with one attached hydrogen (secondary N) is 3. The molecule has 5 amide bonds. The van der Waals surface area contributed by atoms with E-state index in [1.54, 1.807) is 73.7 Å². The molecule has 0 saturated carbocycles. The van der Waals surface area contributed by atoms with Gasteiger partial charge in [0.05, 0.1) is 77.2 Å². The molecule has 0 radical (unpaired) electrons. The number of benzene rings is 1. The lowest BCUT2D eigenvalue weighted by atomic mass is 9.72. The Hall–Kier alpha value is -7.63. The molecule has 3 atom stereocenters. The van der Waals surface area contributed by atoms with E-state index in [1.807, 2.05) is 57.5 Å². The van der Waals surface area contributed by atoms with Crippen LogP contribution in [-0.2, 0) is 30.5 Å². The number of imidazole rings is 1. The molecule has 1 aromatic carbocycles. The molecule has 3 aliphatic heterocycles. The maximum Gasteiger partial charge on any atom is 0.414 e. The fourth-order valence-electron chi connectivity index (χ4n) is 9.82. The number of aliphatic hydroxyl groups excluding tert-OH is 1. The van der Waals surface area contributed by atoms with Crippen molar-refractivity contribution in [1.82, 2.24) is 54.7 Å². The van der Waals surface area contributed by atoms with Gasteiger partial charge in [0.1, 0.15) is 12.1 Å². The molecule has 6 aromatic rings. The number of carbonyl (C=O) groups excluding carboxylic acids is 5. The molecule has 5 aromatic heterocycles. The second kappa shape index (κ2) is 22.3. The van der Waals surface area contributed by atoms with Gasteiger partial charge in [-0.3, -0.25) is 38.9 Å². The number of rotatable bonds is 16. The molecule has 4 N–H and O–H groups in total. The number of β-amino-alcohol motifs (C(OH)–C–C–N with tert-alkyl or cyclic N) is 1. The molecule has 400 valence electrons. The summed E-state index contributed by atoms with van der Waals surface area (Å²) in [5.41, 5.74) is 6.45. The first-order valence-electron chi connectivity index (χ1n) is 25.3. The predicted octanol–water partition coefficient (Wildman–Crippen LogP) is 4.72. The van der Waals surface area contributed by atoms with E-state index in [0.717, 1.165) is 60.7 Å². The van der Waals surface area contributed by atoms with Gasteiger partial charge in [-0.25, -0.2) is 24.7 Å². The summed E-state index contributed by atoms with van der Waals surface area (Å²) < 4.78 is 12.9. The van der Waals surface area contributed by atoms with Gasteiger partial charge in [-0.1, -0.05) is 45.0 Å². The second-order valence-electron chi connectivity index (χ2n) is 21.2. The summed E-state index contributed by atoms with van der Waals surface area (Å²) in [5.74, 6) is -0.324. The van der Waals surface area contributed by atoms with E-state index in [4.69, 9.17) is 9.47 Å². The fourth-order valence-corrected chi connectivity index (χ4v) is 10.6. The molecule has 8 heterocycles. The van der Waals surface area contributed by atoms with Crippen molar-refractivity contribution in [3.63, 3.8) is 0 Å². The number of hydrogen-bond acceptors (Lipinski definition) is 17. The number of fused-ring (bicyclic) bond motifs is 1. The van der Waals surface area contributed by atoms with E-state index in [2.05, 4.69) is 55.7 Å². The number of thiazole rings is 1. The highest BCUT2D eigenvalue weighted by Gasteiger charge is 2.46. The predicted molar refractivity (Wildman–Crippen MR) is 284 cm³/mol. The number of piperidine rings is 1. The van der Waals surface area contributed by atoms with E-state index >= 15 is 0 Å². The van der Waals surface area contributed by atoms with Crippen LogP contribution in [0.4, 0.5) is 22.2 Å². The lowest BCUT2D eigenvalue weighted by Crippen LogP contribution is -2.61. The molecule has 22 nitrogen and oxygen atoms in total. The summed E-state index contributed by atoms with van der Waals surface area (Å²) in [4.78, 5) is 101. The SMILES string of the molecule is Cc1ncsc1-c1ccc(CNC(=O)[C@@H]2C[C@@H](O)CN2C(=O)[C@@H](NC(=O)COc2cnc(N3CCC4(CC3)CN(CC(=O)Nc3cn5cc(-c6cncc(N(C)C(=O)OC(C)C)c6)ncc5n3)C4)nc2)C(C)(C)C)cc1. The van der Waals surface area contributed by atoms with Gasteiger partial charge in [0, 0.05) is 70.7 Å². The summed E-state index contributed by atoms with van der Waals surface area (Å²) in [6.45, 7) is 14.1. The number of likely N-dealkylation sites (tertiary alicyclic amines) is 2. The summed E-state index contributed by atoms with van der Waals surface area (Å²) in [7, 11) is 1.62. The second-order valence-corrected chi connectivity index (χ2v) is 22.1. The number of pyridine rings is 1. The first-order valence-corrected chi connectivity index (χ1v) is 26.2. The Morgan fingerprint density at radius 3 is 2.36 bits per heavy atom. The van der Waals surface area contributed by atoms with Gasteiger partial charge >= 0.3 is 6.09 Å². The molecule has 76 heavy (non-hydrogen) atoms. The first kappa shape index (κ1) is 53.2. The minimum absolute atomic E-state index is 0.0389. The van der Waals surface area contributed by atoms with Crippen LogP contribution in [0.5, 0.6) is 5.75 Å². The van der Waals surface area contributed by atoms with Gasteiger partial charge in [0.2, 0.25) is 23.7 Å². The Labute approximate surface area is 444 Å². The normalized spacial score (nSPS) is 17.8. The van der Waals surface area contributed by atoms with Gasteiger partial charge in [0.15, 0.2) is 23.8 Å². The Bertz CT molecular complexity index is 3070. The number of aryl methyl sites for hydroxylation is 1. The first-order chi connectivity index (χ1) is 36.3. The van der Waals surface area contributed by atoms with Crippen molar-refractivity contribution < 1.29 is 38.6 Å². The van der Waals surface area contributed by atoms with E-state index in [1.165, 1.54) is 22.2 Å². The zero-order valence-electron chi connectivity index (χ0n) is 43.7. The molecular weight excluding hydrogens is 993 g/mol. The Kier molecular flexibility index (Phi) is 15.6. The maximum atomic E-state index is 14.1. The molecule has 0 bridgehead atoms. The minimum Gasteiger partial charge on any atom is -0.481 e. The standard InChI is InChI=1S/C53H64N14O8S/c1-32(2)75-51(73)63(7)37-16-36(19-54-20-37)40-25-66-26-42(60-43(66)23-55-40)61-44(69)27-64-29-53(30-64)12-14-65(15-13-53)50-57-21-39(22-58-50)74-28-45(70)62-47(52(4,5)6)49(72)67-24-38(68)17-41(67)48(71)56-18-34-8-10-35(11-9-34)46-33(3)59-31-76-46/h8-11,16,19-23,25-26,31-32,38,41,47,68H,12-15,17-18,24,27-30H2,1-7H3,(H,56,71)(H,61,69)(H,62,70)/t38-,41+,47-/m1/s1. The molecular formula is C53H64N14O8S. The largest absolute Gasteiger partial charge is 0.481 e. The summed E-state index contributed by atoms with van der Waals surface area (Å²) >= 11 is 1.57. The van der Waals surface area contributed by atoms with Crippen LogP contribution in [0, 0.1) is 17.8 Å². The number of carbonyl (C=O) groups is 5. The van der Waals surface area contributed by atoms with Gasteiger partial charge in [0.25, 0.3) is 5.91 Å². The van der Waals surface area contributed by atoms with Gasteiger partial charge in [-0.15, -0.1) is 11.3 Å². The zero-order valence-corrected chi connectivity index (χ0v) is 44.5. The van der Waals surface area contributed by atoms with Crippen molar-refractivity contribution in [1.29, 1.82) is 0 Å². The van der Waals surface area contributed by atoms with E-state index in [0.29, 0.717) is 34.4 Å². The molecule has 3 saturated heterocycles. The summed E-state index contributed by atoms with van der Waals surface area (Å²) in [5, 5.41) is 19.3. The van der Waals surface area contributed by atoms with Crippen LogP contribution in [0.2, 0.25) is 0 Å². The van der Waals surface area contributed by atoms with Crippen LogP contribution in [0.25, 0.3) is 27.3 Å². The van der Waals surface area contributed by atoms with Crippen LogP contribution in [0.15, 0.2) is 79.2 Å². The number of ether oxygens (including phenoxy) is 2. The highest BCUT2D eigenvalue weighted by molar-refractivity contribution is 7.13. The number of aromatic nitrogens is 7. The van der Waals surface area contributed by atoms with Crippen molar-refractivity contribution in [3.8, 4) is 27.4 Å². The van der Waals surface area contributed by atoms with Crippen molar-refractivity contribution in [2.45, 2.75) is 91.6 Å². The van der Waals surface area contributed by atoms with Crippen molar-refractivity contribution in [2.24, 2.45) is 10.8 Å². The maximum absolute atomic E-state index is 14.1. The van der Waals surface area contributed by atoms with Crippen LogP contribution in [0.3, 0.4) is 0 Å². The Morgan fingerprint density at radius 2 is 1.67 bits per heavy atom. The van der Waals surface area contributed by atoms with E-state index in [-0.39, 0.29) is 55.1 Å². The van der Waals surface area contributed by atoms with E-state index in [9.17, 15) is 29.1 Å². The van der Waals surface area contributed by atoms with Crippen molar-refractivity contribution in [2.75, 3.05) is 68.0 Å². The lowest BCUT2D eigenvalue weighted by molar-refractivity contribution is -0.144. The number of aliphatic hydroxyl groups is 1. The molecule has 3 aliphatic rings. The van der Waals surface area contributed by atoms with Crippen LogP contribution < -0.4 is 30.5 Å². The highest BCUT2D eigenvalue weighted by atomic mass is 32.1. The van der Waals surface area contributed by atoms with E-state index < -0.39 is 48.1 Å². The van der Waals surface area contributed by atoms with Crippen LogP contribution in [0.1, 0.15) is 65.1 Å². The monoisotopic (exact) mass is 1060 g/mol. The molecule has 3 fully saturated rings. The van der Waals surface area contributed by atoms with Crippen molar-refractivity contribution in [3.05, 3.63) is 90.5 Å². The highest BCUT2D eigenvalue weighted by Crippen LogP contribution is 2.41. The Morgan fingerprint density at radius 1 is 0.934 bits per heavy atom. The van der Waals surface area contributed by atoms with Crippen LogP contribution >= 0.6 is 11.3 Å². The number of nitrogens with zero attached hydrogens (tertiary/aromatic N) is 11. The van der Waals surface area contributed by atoms with Crippen LogP contribution in [-0.4, -0.2) is 156 Å². The number of amides is 5. The zero-order chi connectivity index (χ0) is 53.9. The summed E-state index contributed by atoms with van der Waals surface area (Å²) in [6, 6.07) is 7.72. The van der Waals surface area contributed by atoms with Gasteiger partial charge < -0.3 is 44.7 Å². The molecule has 1 spiro atoms. The Balaban J connectivity index is 0.702. The lowest BCUT2D eigenvalue weighted by Gasteiger charge is -2.53. The number of anilines is 3. The average Bonchev–Trinajstić information content (AvgIpc) is 4.14. The molecule has 0 aliphatic carbocycles. The average molecular weight is 1060 g/mol. The number of hydrogen-bond donors (Lipinski definition) is 4. The van der Waals surface area contributed by atoms with Gasteiger partial charge in [-0.05, 0) is 61.6 Å².